The number of esters is 2. The minimum Gasteiger partial charge on any atom is -0.468 e. The molecule has 0 spiro atoms. The van der Waals surface area contributed by atoms with Crippen molar-refractivity contribution in [2.75, 3.05) is 14.2 Å². The second-order valence-corrected chi connectivity index (χ2v) is 4.95. The van der Waals surface area contributed by atoms with Crippen molar-refractivity contribution in [3.63, 3.8) is 0 Å². The lowest BCUT2D eigenvalue weighted by Gasteiger charge is -2.18. The number of ether oxygens (including phenoxy) is 2. The summed E-state index contributed by atoms with van der Waals surface area (Å²) in [5.41, 5.74) is 0. The second kappa shape index (κ2) is 8.51. The molecule has 112 valence electrons. The van der Waals surface area contributed by atoms with Gasteiger partial charge in [-0.25, -0.2) is 0 Å². The van der Waals surface area contributed by atoms with E-state index in [0.29, 0.717) is 18.6 Å². The van der Waals surface area contributed by atoms with Crippen LogP contribution >= 0.6 is 0 Å². The smallest absolute Gasteiger partial charge is 0.320 e. The fourth-order valence-corrected chi connectivity index (χ4v) is 2.37. The average Bonchev–Trinajstić information content (AvgIpc) is 2.47. The Morgan fingerprint density at radius 3 is 2.40 bits per heavy atom. The molecule has 1 atom stereocenters. The number of rotatable bonds is 6. The van der Waals surface area contributed by atoms with Crippen LogP contribution in [-0.4, -0.2) is 31.9 Å². The van der Waals surface area contributed by atoms with Crippen molar-refractivity contribution in [3.8, 4) is 0 Å². The molecule has 20 heavy (non-hydrogen) atoms. The van der Waals surface area contributed by atoms with Crippen LogP contribution in [0, 0.1) is 11.8 Å². The number of hydrogen-bond acceptors (Lipinski definition) is 5. The van der Waals surface area contributed by atoms with Gasteiger partial charge in [-0.3, -0.25) is 14.4 Å². The highest BCUT2D eigenvalue weighted by molar-refractivity contribution is 5.94. The van der Waals surface area contributed by atoms with Gasteiger partial charge < -0.3 is 9.47 Å². The molecule has 0 aromatic heterocycles. The van der Waals surface area contributed by atoms with Gasteiger partial charge in [0.05, 0.1) is 14.2 Å². The summed E-state index contributed by atoms with van der Waals surface area (Å²) in [6.07, 6.45) is 8.22. The van der Waals surface area contributed by atoms with Gasteiger partial charge in [-0.2, -0.15) is 0 Å². The molecule has 0 amide bonds. The van der Waals surface area contributed by atoms with Gasteiger partial charge in [0.2, 0.25) is 0 Å². The second-order valence-electron chi connectivity index (χ2n) is 4.95. The number of hydrogen-bond donors (Lipinski definition) is 0. The molecule has 0 N–H and O–H groups in total. The largest absolute Gasteiger partial charge is 0.468 e. The molecule has 0 heterocycles. The molecule has 0 radical (unpaired) electrons. The van der Waals surface area contributed by atoms with Gasteiger partial charge in [-0.1, -0.05) is 18.6 Å². The molecule has 1 saturated carbocycles. The van der Waals surface area contributed by atoms with E-state index in [1.807, 2.05) is 6.08 Å². The van der Waals surface area contributed by atoms with Gasteiger partial charge >= 0.3 is 11.9 Å². The van der Waals surface area contributed by atoms with Crippen molar-refractivity contribution in [2.24, 2.45) is 11.8 Å². The Labute approximate surface area is 119 Å². The first-order chi connectivity index (χ1) is 9.60. The number of methoxy groups -OCH3 is 2. The van der Waals surface area contributed by atoms with Crippen LogP contribution in [-0.2, 0) is 23.9 Å². The van der Waals surface area contributed by atoms with Gasteiger partial charge in [0.25, 0.3) is 0 Å². The van der Waals surface area contributed by atoms with Crippen LogP contribution in [0.15, 0.2) is 12.2 Å². The van der Waals surface area contributed by atoms with E-state index in [4.69, 9.17) is 0 Å². The lowest BCUT2D eigenvalue weighted by molar-refractivity contribution is -0.158. The third kappa shape index (κ3) is 4.79. The molecule has 1 unspecified atom stereocenters. The van der Waals surface area contributed by atoms with Crippen molar-refractivity contribution < 1.29 is 23.9 Å². The van der Waals surface area contributed by atoms with Crippen molar-refractivity contribution in [2.45, 2.75) is 38.5 Å². The minimum absolute atomic E-state index is 0.0923. The summed E-state index contributed by atoms with van der Waals surface area (Å²) >= 11 is 0. The molecule has 1 rings (SSSR count). The van der Waals surface area contributed by atoms with Gasteiger partial charge in [-0.05, 0) is 25.7 Å². The summed E-state index contributed by atoms with van der Waals surface area (Å²) in [5, 5.41) is 0. The zero-order valence-corrected chi connectivity index (χ0v) is 12.1. The van der Waals surface area contributed by atoms with E-state index in [1.165, 1.54) is 14.2 Å². The number of allylic oxidation sites excluding steroid dienone is 2. The number of carbonyl (C=O) groups is 3. The first kappa shape index (κ1) is 16.4. The summed E-state index contributed by atoms with van der Waals surface area (Å²) in [4.78, 5) is 34.5. The molecule has 5 nitrogen and oxygen atoms in total. The minimum atomic E-state index is -0.927. The van der Waals surface area contributed by atoms with E-state index in [2.05, 4.69) is 9.47 Å². The van der Waals surface area contributed by atoms with Crippen LogP contribution < -0.4 is 0 Å². The molecule has 5 heteroatoms. The first-order valence-electron chi connectivity index (χ1n) is 6.93. The maximum absolute atomic E-state index is 11.6. The summed E-state index contributed by atoms with van der Waals surface area (Å²) < 4.78 is 9.14. The number of Topliss-reactive ketones (excluding diaryl/α,β-unsaturated/α-hetero) is 1. The maximum Gasteiger partial charge on any atom is 0.320 e. The molecule has 0 bridgehead atoms. The third-order valence-electron chi connectivity index (χ3n) is 3.61. The van der Waals surface area contributed by atoms with E-state index in [0.717, 1.165) is 19.3 Å². The van der Waals surface area contributed by atoms with Crippen molar-refractivity contribution in [1.82, 2.24) is 0 Å². The van der Waals surface area contributed by atoms with Crippen molar-refractivity contribution in [3.05, 3.63) is 12.2 Å². The fourth-order valence-electron chi connectivity index (χ4n) is 2.37. The Kier molecular flexibility index (Phi) is 6.98. The first-order valence-corrected chi connectivity index (χ1v) is 6.93. The Hall–Kier alpha value is -1.65. The van der Waals surface area contributed by atoms with Crippen LogP contribution in [0.1, 0.15) is 38.5 Å². The SMILES string of the molecule is COC(=O)C(C/C=C/CC1CCCCC1=O)C(=O)OC. The van der Waals surface area contributed by atoms with E-state index in [9.17, 15) is 14.4 Å². The van der Waals surface area contributed by atoms with Crippen LogP contribution in [0.2, 0.25) is 0 Å². The lowest BCUT2D eigenvalue weighted by atomic mass is 9.85. The molecule has 0 aromatic rings. The standard InChI is InChI=1S/C15H22O5/c1-19-14(17)12(15(18)20-2)9-5-3-7-11-8-4-6-10-13(11)16/h3,5,11-12H,4,6-10H2,1-2H3/b5-3+. The Morgan fingerprint density at radius 2 is 1.85 bits per heavy atom. The fraction of sp³-hybridized carbons (Fsp3) is 0.667. The van der Waals surface area contributed by atoms with Crippen LogP contribution in [0.5, 0.6) is 0 Å². The zero-order chi connectivity index (χ0) is 15.0. The molecule has 1 aliphatic rings. The highest BCUT2D eigenvalue weighted by Gasteiger charge is 2.27. The van der Waals surface area contributed by atoms with Gasteiger partial charge in [-0.15, -0.1) is 0 Å². The van der Waals surface area contributed by atoms with Crippen LogP contribution in [0.4, 0.5) is 0 Å². The Bertz CT molecular complexity index is 370. The molecule has 0 saturated heterocycles. The van der Waals surface area contributed by atoms with E-state index < -0.39 is 17.9 Å². The average molecular weight is 282 g/mol. The van der Waals surface area contributed by atoms with Crippen LogP contribution in [0.3, 0.4) is 0 Å². The highest BCUT2D eigenvalue weighted by atomic mass is 16.5. The Balaban J connectivity index is 2.45. The van der Waals surface area contributed by atoms with E-state index >= 15 is 0 Å². The maximum atomic E-state index is 11.6. The topological polar surface area (TPSA) is 69.7 Å². The molecular formula is C15H22O5. The molecular weight excluding hydrogens is 260 g/mol. The van der Waals surface area contributed by atoms with Gasteiger partial charge in [0, 0.05) is 12.3 Å². The highest BCUT2D eigenvalue weighted by Crippen LogP contribution is 2.23. The van der Waals surface area contributed by atoms with Gasteiger partial charge in [0.1, 0.15) is 5.78 Å². The van der Waals surface area contributed by atoms with E-state index in [-0.39, 0.29) is 12.3 Å². The Morgan fingerprint density at radius 1 is 1.20 bits per heavy atom. The summed E-state index contributed by atoms with van der Waals surface area (Å²) in [6, 6.07) is 0. The predicted molar refractivity (Wildman–Crippen MR) is 72.9 cm³/mol. The number of ketones is 1. The summed E-state index contributed by atoms with van der Waals surface area (Å²) in [5.74, 6) is -1.72. The monoisotopic (exact) mass is 282 g/mol. The normalized spacial score (nSPS) is 19.4. The summed E-state index contributed by atoms with van der Waals surface area (Å²) in [6.45, 7) is 0. The molecule has 0 aliphatic heterocycles. The molecule has 1 aliphatic carbocycles. The predicted octanol–water partition coefficient (Wildman–Crippen LogP) is 2.04. The zero-order valence-electron chi connectivity index (χ0n) is 12.1. The van der Waals surface area contributed by atoms with Gasteiger partial charge in [0.15, 0.2) is 5.92 Å². The molecule has 1 fully saturated rings. The van der Waals surface area contributed by atoms with Crippen LogP contribution in [0.25, 0.3) is 0 Å². The molecule has 0 aromatic carbocycles. The van der Waals surface area contributed by atoms with E-state index in [1.54, 1.807) is 6.08 Å². The summed E-state index contributed by atoms with van der Waals surface area (Å²) in [7, 11) is 2.48. The lowest BCUT2D eigenvalue weighted by Crippen LogP contribution is -2.26. The third-order valence-corrected chi connectivity index (χ3v) is 3.61. The van der Waals surface area contributed by atoms with Crippen molar-refractivity contribution in [1.29, 1.82) is 0 Å². The number of carbonyl (C=O) groups excluding carboxylic acids is 3. The quantitative estimate of drug-likeness (QED) is 0.423. The van der Waals surface area contributed by atoms with Crippen molar-refractivity contribution >= 4 is 17.7 Å².